The van der Waals surface area contributed by atoms with E-state index in [-0.39, 0.29) is 11.7 Å². The highest BCUT2D eigenvalue weighted by Crippen LogP contribution is 2.41. The van der Waals surface area contributed by atoms with Crippen LogP contribution in [0.3, 0.4) is 0 Å². The minimum absolute atomic E-state index is 0.0741. The number of carbonyl (C=O) groups excluding carboxylic acids is 1. The Morgan fingerprint density at radius 1 is 0.949 bits per heavy atom. The number of benzene rings is 3. The van der Waals surface area contributed by atoms with Crippen molar-refractivity contribution in [3.05, 3.63) is 72.3 Å². The molecule has 0 spiro atoms. The molecule has 0 fully saturated rings. The van der Waals surface area contributed by atoms with E-state index in [2.05, 4.69) is 20.7 Å². The van der Waals surface area contributed by atoms with Crippen LogP contribution in [0.25, 0.3) is 17.1 Å². The minimum Gasteiger partial charge on any atom is -0.493 e. The van der Waals surface area contributed by atoms with E-state index in [4.69, 9.17) is 18.9 Å². The molecule has 39 heavy (non-hydrogen) atoms. The molecule has 202 valence electrons. The molecule has 0 aliphatic rings. The largest absolute Gasteiger partial charge is 0.493 e. The predicted molar refractivity (Wildman–Crippen MR) is 151 cm³/mol. The van der Waals surface area contributed by atoms with Crippen LogP contribution >= 0.6 is 11.8 Å². The smallest absolute Gasteiger partial charge is 0.250 e. The Labute approximate surface area is 231 Å². The van der Waals surface area contributed by atoms with E-state index in [1.54, 1.807) is 39.7 Å². The van der Waals surface area contributed by atoms with Crippen molar-refractivity contribution in [1.29, 1.82) is 0 Å². The Morgan fingerprint density at radius 3 is 2.31 bits per heavy atom. The van der Waals surface area contributed by atoms with Crippen LogP contribution in [0.15, 0.2) is 77.0 Å². The molecule has 1 aromatic heterocycles. The van der Waals surface area contributed by atoms with Gasteiger partial charge in [0.25, 0.3) is 5.91 Å². The maximum absolute atomic E-state index is 12.6. The number of hydrogen-bond donors (Lipinski definition) is 1. The summed E-state index contributed by atoms with van der Waals surface area (Å²) in [5, 5.41) is 13.4. The van der Waals surface area contributed by atoms with Gasteiger partial charge in [0.05, 0.1) is 39.9 Å². The molecule has 10 nitrogen and oxygen atoms in total. The Morgan fingerprint density at radius 2 is 1.64 bits per heavy atom. The van der Waals surface area contributed by atoms with E-state index in [1.807, 2.05) is 66.1 Å². The molecule has 1 N–H and O–H groups in total. The summed E-state index contributed by atoms with van der Waals surface area (Å²) in [6.07, 6.45) is 1.56. The maximum Gasteiger partial charge on any atom is 0.250 e. The van der Waals surface area contributed by atoms with Gasteiger partial charge in [-0.2, -0.15) is 5.10 Å². The molecule has 4 aromatic rings. The number of para-hydroxylation sites is 2. The first-order chi connectivity index (χ1) is 19.1. The summed E-state index contributed by atoms with van der Waals surface area (Å²) in [4.78, 5) is 12.6. The number of ether oxygens (including phenoxy) is 4. The average Bonchev–Trinajstić information content (AvgIpc) is 3.40. The molecule has 0 aliphatic heterocycles. The van der Waals surface area contributed by atoms with Gasteiger partial charge in [0.2, 0.25) is 5.75 Å². The predicted octanol–water partition coefficient (Wildman–Crippen LogP) is 4.60. The summed E-state index contributed by atoms with van der Waals surface area (Å²) in [6, 6.07) is 20.7. The molecular formula is C28H29N5O5S. The molecular weight excluding hydrogens is 518 g/mol. The van der Waals surface area contributed by atoms with Gasteiger partial charge in [-0.15, -0.1) is 10.2 Å². The molecule has 1 amide bonds. The van der Waals surface area contributed by atoms with Crippen LogP contribution in [0.4, 0.5) is 0 Å². The third-order valence-electron chi connectivity index (χ3n) is 5.51. The number of nitrogens with zero attached hydrogens (tertiary/aromatic N) is 4. The van der Waals surface area contributed by atoms with E-state index >= 15 is 0 Å². The fourth-order valence-corrected chi connectivity index (χ4v) is 4.52. The lowest BCUT2D eigenvalue weighted by atomic mass is 10.1. The van der Waals surface area contributed by atoms with Crippen LogP contribution in [-0.4, -0.2) is 60.6 Å². The highest BCUT2D eigenvalue weighted by Gasteiger charge is 2.21. The number of thioether (sulfide) groups is 1. The van der Waals surface area contributed by atoms with Crippen LogP contribution in [0.1, 0.15) is 12.5 Å². The minimum atomic E-state index is -0.290. The van der Waals surface area contributed by atoms with E-state index in [0.29, 0.717) is 46.1 Å². The standard InChI is InChI=1S/C28H29N5O5S/c1-5-38-22-14-10-9-11-19(22)17-29-30-25(34)18-39-28-32-31-27(33(28)21-12-7-6-8-13-21)20-15-23(35-2)26(37-4)24(16-20)36-3/h6-17H,5,18H2,1-4H3,(H,30,34)/b29-17+. The summed E-state index contributed by atoms with van der Waals surface area (Å²) < 4.78 is 24.0. The van der Waals surface area contributed by atoms with Crippen molar-refractivity contribution in [2.24, 2.45) is 5.10 Å². The number of hydrazone groups is 1. The fraction of sp³-hybridized carbons (Fsp3) is 0.214. The number of carbonyl (C=O) groups is 1. The number of aromatic nitrogens is 3. The monoisotopic (exact) mass is 547 g/mol. The van der Waals surface area contributed by atoms with E-state index in [9.17, 15) is 4.79 Å². The van der Waals surface area contributed by atoms with Crippen molar-refractivity contribution in [3.8, 4) is 40.1 Å². The second-order valence-electron chi connectivity index (χ2n) is 7.94. The van der Waals surface area contributed by atoms with E-state index < -0.39 is 0 Å². The fourth-order valence-electron chi connectivity index (χ4n) is 3.78. The summed E-state index contributed by atoms with van der Waals surface area (Å²) >= 11 is 1.24. The lowest BCUT2D eigenvalue weighted by Gasteiger charge is -2.15. The number of methoxy groups -OCH3 is 3. The topological polar surface area (TPSA) is 109 Å². The van der Waals surface area contributed by atoms with Crippen molar-refractivity contribution in [2.45, 2.75) is 12.1 Å². The third kappa shape index (κ3) is 6.50. The summed E-state index contributed by atoms with van der Waals surface area (Å²) in [5.74, 6) is 2.49. The van der Waals surface area contributed by atoms with Crippen LogP contribution in [0, 0.1) is 0 Å². The van der Waals surface area contributed by atoms with Crippen molar-refractivity contribution < 1.29 is 23.7 Å². The van der Waals surface area contributed by atoms with E-state index in [1.165, 1.54) is 11.8 Å². The highest BCUT2D eigenvalue weighted by molar-refractivity contribution is 7.99. The number of rotatable bonds is 12. The molecule has 0 aliphatic carbocycles. The van der Waals surface area contributed by atoms with Gasteiger partial charge in [-0.1, -0.05) is 42.1 Å². The zero-order valence-corrected chi connectivity index (χ0v) is 22.9. The zero-order chi connectivity index (χ0) is 27.6. The Balaban J connectivity index is 1.57. The highest BCUT2D eigenvalue weighted by atomic mass is 32.2. The van der Waals surface area contributed by atoms with Crippen LogP contribution in [0.5, 0.6) is 23.0 Å². The molecule has 0 bridgehead atoms. The second-order valence-corrected chi connectivity index (χ2v) is 8.89. The van der Waals surface area contributed by atoms with Gasteiger partial charge in [-0.05, 0) is 43.3 Å². The molecule has 4 rings (SSSR count). The molecule has 0 radical (unpaired) electrons. The average molecular weight is 548 g/mol. The van der Waals surface area contributed by atoms with Crippen LogP contribution in [0.2, 0.25) is 0 Å². The Bertz CT molecular complexity index is 1420. The molecule has 3 aromatic carbocycles. The van der Waals surface area contributed by atoms with Gasteiger partial charge in [0, 0.05) is 16.8 Å². The van der Waals surface area contributed by atoms with Gasteiger partial charge in [-0.25, -0.2) is 5.43 Å². The summed E-state index contributed by atoms with van der Waals surface area (Å²) in [7, 11) is 4.66. The quantitative estimate of drug-likeness (QED) is 0.156. The molecule has 0 atom stereocenters. The van der Waals surface area contributed by atoms with E-state index in [0.717, 1.165) is 11.3 Å². The number of hydrogen-bond acceptors (Lipinski definition) is 9. The van der Waals surface area contributed by atoms with Gasteiger partial charge < -0.3 is 18.9 Å². The van der Waals surface area contributed by atoms with Gasteiger partial charge in [-0.3, -0.25) is 9.36 Å². The number of nitrogens with one attached hydrogen (secondary N) is 1. The maximum atomic E-state index is 12.6. The van der Waals surface area contributed by atoms with Crippen molar-refractivity contribution in [3.63, 3.8) is 0 Å². The van der Waals surface area contributed by atoms with Gasteiger partial charge >= 0.3 is 0 Å². The third-order valence-corrected chi connectivity index (χ3v) is 6.44. The first-order valence-electron chi connectivity index (χ1n) is 12.1. The van der Waals surface area contributed by atoms with Crippen molar-refractivity contribution in [1.82, 2.24) is 20.2 Å². The lowest BCUT2D eigenvalue weighted by molar-refractivity contribution is -0.118. The zero-order valence-electron chi connectivity index (χ0n) is 22.1. The van der Waals surface area contributed by atoms with Crippen LogP contribution < -0.4 is 24.4 Å². The molecule has 1 heterocycles. The first-order valence-corrected chi connectivity index (χ1v) is 13.1. The van der Waals surface area contributed by atoms with Gasteiger partial charge in [0.1, 0.15) is 5.75 Å². The normalized spacial score (nSPS) is 10.9. The van der Waals surface area contributed by atoms with Crippen molar-refractivity contribution in [2.75, 3.05) is 33.7 Å². The molecule has 0 unspecified atom stereocenters. The molecule has 0 saturated carbocycles. The summed E-state index contributed by atoms with van der Waals surface area (Å²) in [5.41, 5.74) is 4.87. The Kier molecular flexibility index (Phi) is 9.41. The lowest BCUT2D eigenvalue weighted by Crippen LogP contribution is -2.20. The summed E-state index contributed by atoms with van der Waals surface area (Å²) in [6.45, 7) is 2.45. The Hall–Kier alpha value is -4.51. The number of amides is 1. The SMILES string of the molecule is CCOc1ccccc1/C=N/NC(=O)CSc1nnc(-c2cc(OC)c(OC)c(OC)c2)n1-c1ccccc1. The molecule has 0 saturated heterocycles. The first kappa shape index (κ1) is 27.5. The second kappa shape index (κ2) is 13.3. The van der Waals surface area contributed by atoms with Gasteiger partial charge in [0.15, 0.2) is 22.5 Å². The van der Waals surface area contributed by atoms with Crippen LogP contribution in [-0.2, 0) is 4.79 Å². The van der Waals surface area contributed by atoms with Crippen molar-refractivity contribution >= 4 is 23.9 Å². The molecule has 11 heteroatoms.